The van der Waals surface area contributed by atoms with Gasteiger partial charge in [-0.05, 0) is 24.7 Å². The van der Waals surface area contributed by atoms with Crippen LogP contribution >= 0.6 is 0 Å². The third-order valence-electron chi connectivity index (χ3n) is 2.56. The molecule has 0 radical (unpaired) electrons. The normalized spacial score (nSPS) is 11.8. The second-order valence-corrected chi connectivity index (χ2v) is 6.75. The molecule has 1 aromatic rings. The molecule has 7 heteroatoms. The number of hydrogen-bond donors (Lipinski definition) is 1. The van der Waals surface area contributed by atoms with Gasteiger partial charge in [0.1, 0.15) is 15.7 Å². The van der Waals surface area contributed by atoms with E-state index in [-0.39, 0.29) is 11.3 Å². The molecule has 0 aliphatic carbocycles. The highest BCUT2D eigenvalue weighted by molar-refractivity contribution is 7.90. The molecule has 0 fully saturated rings. The predicted octanol–water partition coefficient (Wildman–Crippen LogP) is 1.00. The van der Waals surface area contributed by atoms with Crippen LogP contribution in [0.3, 0.4) is 0 Å². The molecule has 19 heavy (non-hydrogen) atoms. The van der Waals surface area contributed by atoms with Crippen molar-refractivity contribution in [3.63, 3.8) is 0 Å². The maximum Gasteiger partial charge on any atom is 0.338 e. The van der Waals surface area contributed by atoms with Gasteiger partial charge in [0.25, 0.3) is 0 Å². The Morgan fingerprint density at radius 3 is 2.53 bits per heavy atom. The quantitative estimate of drug-likeness (QED) is 0.845. The Bertz CT molecular complexity index is 571. The molecule has 1 N–H and O–H groups in total. The third-order valence-corrected chi connectivity index (χ3v) is 3.48. The van der Waals surface area contributed by atoms with Gasteiger partial charge in [-0.2, -0.15) is 0 Å². The van der Waals surface area contributed by atoms with Crippen LogP contribution in [0.15, 0.2) is 18.2 Å². The van der Waals surface area contributed by atoms with Gasteiger partial charge in [-0.3, -0.25) is 0 Å². The van der Waals surface area contributed by atoms with E-state index in [0.717, 1.165) is 12.3 Å². The summed E-state index contributed by atoms with van der Waals surface area (Å²) in [5.74, 6) is -2.07. The van der Waals surface area contributed by atoms with Crippen molar-refractivity contribution in [2.24, 2.45) is 0 Å². The highest BCUT2D eigenvalue weighted by Gasteiger charge is 2.11. The lowest BCUT2D eigenvalue weighted by Crippen LogP contribution is -2.25. The summed E-state index contributed by atoms with van der Waals surface area (Å²) in [6, 6.07) is 3.88. The van der Waals surface area contributed by atoms with E-state index in [1.165, 1.54) is 12.1 Å². The number of carboxylic acids is 1. The van der Waals surface area contributed by atoms with E-state index in [1.807, 2.05) is 0 Å². The summed E-state index contributed by atoms with van der Waals surface area (Å²) in [6.07, 6.45) is 1.15. The Kier molecular flexibility index (Phi) is 5.02. The maximum atomic E-state index is 13.4. The first-order valence-electron chi connectivity index (χ1n) is 5.57. The molecule has 106 valence electrons. The number of halogens is 1. The van der Waals surface area contributed by atoms with Crippen LogP contribution in [0.25, 0.3) is 0 Å². The van der Waals surface area contributed by atoms with Gasteiger partial charge in [0, 0.05) is 19.3 Å². The first kappa shape index (κ1) is 15.6. The summed E-state index contributed by atoms with van der Waals surface area (Å²) in [5, 5.41) is 8.70. The summed E-state index contributed by atoms with van der Waals surface area (Å²) in [6.45, 7) is 0.688. The van der Waals surface area contributed by atoms with E-state index < -0.39 is 21.6 Å². The van der Waals surface area contributed by atoms with Crippen molar-refractivity contribution in [1.29, 1.82) is 0 Å². The molecule has 5 nitrogen and oxygen atoms in total. The van der Waals surface area contributed by atoms with Gasteiger partial charge in [-0.25, -0.2) is 17.6 Å². The van der Waals surface area contributed by atoms with Crippen LogP contribution in [0.1, 0.15) is 15.9 Å². The summed E-state index contributed by atoms with van der Waals surface area (Å²) in [5.41, 5.74) is 0.223. The van der Waals surface area contributed by atoms with Gasteiger partial charge < -0.3 is 10.0 Å². The van der Waals surface area contributed by atoms with E-state index in [0.29, 0.717) is 18.7 Å². The lowest BCUT2D eigenvalue weighted by atomic mass is 10.1. The number of benzene rings is 1. The number of rotatable bonds is 6. The Balaban J connectivity index is 2.67. The molecule has 0 unspecified atom stereocenters. The second kappa shape index (κ2) is 6.12. The van der Waals surface area contributed by atoms with Crippen molar-refractivity contribution in [2.75, 3.05) is 25.6 Å². The molecule has 0 saturated carbocycles. The molecule has 0 amide bonds. The highest BCUT2D eigenvalue weighted by Crippen LogP contribution is 2.12. The maximum absolute atomic E-state index is 13.4. The van der Waals surface area contributed by atoms with Crippen LogP contribution in [-0.4, -0.2) is 50.0 Å². The zero-order valence-electron chi connectivity index (χ0n) is 10.8. The van der Waals surface area contributed by atoms with Crippen molar-refractivity contribution in [1.82, 2.24) is 4.90 Å². The molecular weight excluding hydrogens is 273 g/mol. The molecule has 0 atom stereocenters. The lowest BCUT2D eigenvalue weighted by molar-refractivity contribution is 0.0692. The van der Waals surface area contributed by atoms with Gasteiger partial charge in [0.05, 0.1) is 11.3 Å². The Morgan fingerprint density at radius 1 is 1.42 bits per heavy atom. The monoisotopic (exact) mass is 289 g/mol. The molecular formula is C12H16FNO4S. The number of hydrogen-bond acceptors (Lipinski definition) is 4. The third kappa shape index (κ3) is 5.35. The number of carboxylic acid groups (broad SMARTS) is 1. The lowest BCUT2D eigenvalue weighted by Gasteiger charge is -2.16. The summed E-state index contributed by atoms with van der Waals surface area (Å²) in [4.78, 5) is 12.4. The van der Waals surface area contributed by atoms with Gasteiger partial charge in [-0.15, -0.1) is 0 Å². The predicted molar refractivity (Wildman–Crippen MR) is 69.4 cm³/mol. The molecule has 1 aromatic carbocycles. The highest BCUT2D eigenvalue weighted by atomic mass is 32.2. The van der Waals surface area contributed by atoms with Gasteiger partial charge in [0.2, 0.25) is 0 Å². The number of sulfone groups is 1. The zero-order valence-corrected chi connectivity index (χ0v) is 11.6. The van der Waals surface area contributed by atoms with Crippen LogP contribution in [-0.2, 0) is 16.4 Å². The van der Waals surface area contributed by atoms with Crippen LogP contribution in [0, 0.1) is 5.82 Å². The minimum atomic E-state index is -3.03. The second-order valence-electron chi connectivity index (χ2n) is 4.49. The Morgan fingerprint density at radius 2 is 2.05 bits per heavy atom. The van der Waals surface area contributed by atoms with Crippen LogP contribution < -0.4 is 0 Å². The molecule has 0 aromatic heterocycles. The Hall–Kier alpha value is -1.47. The fourth-order valence-corrected chi connectivity index (χ4v) is 2.19. The van der Waals surface area contributed by atoms with Crippen LogP contribution in [0.4, 0.5) is 4.39 Å². The molecule has 1 rings (SSSR count). The van der Waals surface area contributed by atoms with Crippen molar-refractivity contribution in [3.8, 4) is 0 Å². The molecule has 0 bridgehead atoms. The standard InChI is InChI=1S/C12H16FNO4S/c1-14(5-6-19(2,17)18)8-9-3-4-10(12(15)16)11(13)7-9/h3-4,7H,5-6,8H2,1-2H3,(H,15,16). The average molecular weight is 289 g/mol. The van der Waals surface area contributed by atoms with Crippen LogP contribution in [0.2, 0.25) is 0 Å². The van der Waals surface area contributed by atoms with Gasteiger partial charge in [0.15, 0.2) is 0 Å². The Labute approximate surface area is 111 Å². The first-order chi connectivity index (χ1) is 8.69. The number of aromatic carboxylic acids is 1. The molecule has 0 aliphatic rings. The molecule has 0 saturated heterocycles. The largest absolute Gasteiger partial charge is 0.478 e. The van der Waals surface area contributed by atoms with E-state index >= 15 is 0 Å². The molecule has 0 aliphatic heterocycles. The summed E-state index contributed by atoms with van der Waals surface area (Å²) < 4.78 is 35.5. The van der Waals surface area contributed by atoms with E-state index in [1.54, 1.807) is 11.9 Å². The zero-order chi connectivity index (χ0) is 14.6. The summed E-state index contributed by atoms with van der Waals surface area (Å²) >= 11 is 0. The van der Waals surface area contributed by atoms with Crippen molar-refractivity contribution in [2.45, 2.75) is 6.54 Å². The average Bonchev–Trinajstić information content (AvgIpc) is 2.25. The minimum Gasteiger partial charge on any atom is -0.478 e. The molecule has 0 heterocycles. The van der Waals surface area contributed by atoms with E-state index in [4.69, 9.17) is 5.11 Å². The van der Waals surface area contributed by atoms with Crippen molar-refractivity contribution in [3.05, 3.63) is 35.1 Å². The fourth-order valence-electron chi connectivity index (χ4n) is 1.54. The minimum absolute atomic E-state index is 0.0270. The van der Waals surface area contributed by atoms with Crippen molar-refractivity contribution < 1.29 is 22.7 Å². The smallest absolute Gasteiger partial charge is 0.338 e. The van der Waals surface area contributed by atoms with Crippen LogP contribution in [0.5, 0.6) is 0 Å². The van der Waals surface area contributed by atoms with Gasteiger partial charge >= 0.3 is 5.97 Å². The molecule has 0 spiro atoms. The van der Waals surface area contributed by atoms with E-state index in [2.05, 4.69) is 0 Å². The number of carbonyl (C=O) groups is 1. The topological polar surface area (TPSA) is 74.7 Å². The first-order valence-corrected chi connectivity index (χ1v) is 7.63. The van der Waals surface area contributed by atoms with E-state index in [9.17, 15) is 17.6 Å². The fraction of sp³-hybridized carbons (Fsp3) is 0.417. The summed E-state index contributed by atoms with van der Waals surface area (Å²) in [7, 11) is -1.31. The van der Waals surface area contributed by atoms with Gasteiger partial charge in [-0.1, -0.05) is 6.07 Å². The van der Waals surface area contributed by atoms with Crippen molar-refractivity contribution >= 4 is 15.8 Å². The SMILES string of the molecule is CN(CCS(C)(=O)=O)Cc1ccc(C(=O)O)c(F)c1. The number of nitrogens with zero attached hydrogens (tertiary/aromatic N) is 1.